The van der Waals surface area contributed by atoms with E-state index in [4.69, 9.17) is 4.42 Å². The second-order valence-electron chi connectivity index (χ2n) is 7.67. The molecule has 3 heterocycles. The van der Waals surface area contributed by atoms with E-state index in [1.54, 1.807) is 18.2 Å². The first-order valence-electron chi connectivity index (χ1n) is 9.99. The first-order chi connectivity index (χ1) is 14.0. The summed E-state index contributed by atoms with van der Waals surface area (Å²) >= 11 is 0. The minimum atomic E-state index is -0.229. The fourth-order valence-corrected chi connectivity index (χ4v) is 3.85. The first-order valence-corrected chi connectivity index (χ1v) is 9.99. The van der Waals surface area contributed by atoms with E-state index < -0.39 is 0 Å². The van der Waals surface area contributed by atoms with Crippen molar-refractivity contribution in [2.45, 2.75) is 26.3 Å². The predicted molar refractivity (Wildman–Crippen MR) is 109 cm³/mol. The summed E-state index contributed by atoms with van der Waals surface area (Å²) in [7, 11) is 0. The summed E-state index contributed by atoms with van der Waals surface area (Å²) in [5, 5.41) is 6.26. The fraction of sp³-hybridized carbons (Fsp3) is 0.409. The summed E-state index contributed by atoms with van der Waals surface area (Å²) in [5.74, 6) is 0.774. The second kappa shape index (κ2) is 8.21. The van der Waals surface area contributed by atoms with Gasteiger partial charge < -0.3 is 9.32 Å². The number of carbonyl (C=O) groups is 2. The molecule has 0 spiro atoms. The van der Waals surface area contributed by atoms with Crippen LogP contribution in [0.25, 0.3) is 0 Å². The molecule has 0 N–H and O–H groups in total. The van der Waals surface area contributed by atoms with Crippen LogP contribution < -0.4 is 0 Å². The van der Waals surface area contributed by atoms with Crippen LogP contribution in [0, 0.1) is 6.92 Å². The normalized spacial score (nSPS) is 20.1. The van der Waals surface area contributed by atoms with Crippen molar-refractivity contribution in [3.8, 4) is 0 Å². The van der Waals surface area contributed by atoms with E-state index in [2.05, 4.69) is 22.1 Å². The Morgan fingerprint density at radius 1 is 1.10 bits per heavy atom. The third kappa shape index (κ3) is 4.24. The van der Waals surface area contributed by atoms with Gasteiger partial charge in [0.2, 0.25) is 5.91 Å². The fourth-order valence-electron chi connectivity index (χ4n) is 3.85. The van der Waals surface area contributed by atoms with Gasteiger partial charge in [-0.15, -0.1) is 0 Å². The lowest BCUT2D eigenvalue weighted by Gasteiger charge is -2.34. The number of hydrogen-bond donors (Lipinski definition) is 0. The van der Waals surface area contributed by atoms with E-state index in [1.165, 1.54) is 5.56 Å². The van der Waals surface area contributed by atoms with Crippen molar-refractivity contribution in [3.63, 3.8) is 0 Å². The van der Waals surface area contributed by atoms with Crippen molar-refractivity contribution in [2.24, 2.45) is 5.10 Å². The highest BCUT2D eigenvalue weighted by Crippen LogP contribution is 2.33. The van der Waals surface area contributed by atoms with Crippen molar-refractivity contribution in [3.05, 3.63) is 59.5 Å². The summed E-state index contributed by atoms with van der Waals surface area (Å²) in [6.07, 6.45) is 2.25. The summed E-state index contributed by atoms with van der Waals surface area (Å²) < 4.78 is 5.61. The third-order valence-corrected chi connectivity index (χ3v) is 5.60. The lowest BCUT2D eigenvalue weighted by atomic mass is 10.0. The quantitative estimate of drug-likeness (QED) is 0.799. The number of amides is 2. The molecule has 7 nitrogen and oxygen atoms in total. The summed E-state index contributed by atoms with van der Waals surface area (Å²) in [6, 6.07) is 11.7. The van der Waals surface area contributed by atoms with Gasteiger partial charge in [-0.2, -0.15) is 5.10 Å². The van der Waals surface area contributed by atoms with Crippen LogP contribution >= 0.6 is 0 Å². The highest BCUT2D eigenvalue weighted by Gasteiger charge is 2.35. The van der Waals surface area contributed by atoms with Crippen LogP contribution in [0.5, 0.6) is 0 Å². The maximum atomic E-state index is 13.1. The summed E-state index contributed by atoms with van der Waals surface area (Å²) in [6.45, 7) is 6.62. The molecule has 1 aromatic heterocycles. The molecule has 1 unspecified atom stereocenters. The van der Waals surface area contributed by atoms with Crippen molar-refractivity contribution >= 4 is 17.5 Å². The van der Waals surface area contributed by atoms with Gasteiger partial charge in [0, 0.05) is 39.5 Å². The third-order valence-electron chi connectivity index (χ3n) is 5.60. The predicted octanol–water partition coefficient (Wildman–Crippen LogP) is 2.43. The maximum Gasteiger partial charge on any atom is 0.257 e. The maximum absolute atomic E-state index is 13.1. The number of furan rings is 1. The van der Waals surface area contributed by atoms with Crippen molar-refractivity contribution in [1.82, 2.24) is 14.8 Å². The Hall–Kier alpha value is -2.93. The van der Waals surface area contributed by atoms with E-state index in [-0.39, 0.29) is 24.4 Å². The van der Waals surface area contributed by atoms with Crippen LogP contribution in [0.4, 0.5) is 0 Å². The van der Waals surface area contributed by atoms with E-state index in [1.807, 2.05) is 36.1 Å². The number of benzene rings is 1. The highest BCUT2D eigenvalue weighted by molar-refractivity contribution is 6.03. The molecule has 2 aliphatic heterocycles. The molecule has 1 fully saturated rings. The lowest BCUT2D eigenvalue weighted by Crippen LogP contribution is -2.50. The molecular formula is C22H26N4O3. The molecule has 0 saturated carbocycles. The molecule has 1 atom stereocenters. The minimum absolute atomic E-state index is 0.0511. The monoisotopic (exact) mass is 394 g/mol. The Morgan fingerprint density at radius 3 is 2.45 bits per heavy atom. The average molecular weight is 394 g/mol. The van der Waals surface area contributed by atoms with Crippen LogP contribution in [-0.2, 0) is 9.59 Å². The Bertz CT molecular complexity index is 897. The van der Waals surface area contributed by atoms with Crippen molar-refractivity contribution < 1.29 is 14.0 Å². The van der Waals surface area contributed by atoms with Crippen molar-refractivity contribution in [2.75, 3.05) is 32.7 Å². The molecule has 0 radical (unpaired) electrons. The highest BCUT2D eigenvalue weighted by atomic mass is 16.3. The van der Waals surface area contributed by atoms with Gasteiger partial charge in [-0.3, -0.25) is 14.5 Å². The molecule has 29 heavy (non-hydrogen) atoms. The number of rotatable bonds is 4. The average Bonchev–Trinajstić information content (AvgIpc) is 3.39. The molecular weight excluding hydrogens is 368 g/mol. The smallest absolute Gasteiger partial charge is 0.257 e. The number of aryl methyl sites for hydroxylation is 1. The van der Waals surface area contributed by atoms with Gasteiger partial charge in [-0.25, -0.2) is 5.01 Å². The number of piperazine rings is 1. The van der Waals surface area contributed by atoms with Gasteiger partial charge in [0.25, 0.3) is 5.91 Å². The van der Waals surface area contributed by atoms with E-state index in [0.29, 0.717) is 32.6 Å². The van der Waals surface area contributed by atoms with Crippen LogP contribution in [0.15, 0.2) is 52.2 Å². The molecule has 2 amide bonds. The standard InChI is InChI=1S/C22H26N4O3/c1-16-5-7-18(8-6-16)19-14-20(21-4-3-13-29-21)26(23-19)22(28)15-24-9-11-25(12-10-24)17(2)27/h3-8,13,20H,9-12,14-15H2,1-2H3. The minimum Gasteiger partial charge on any atom is -0.467 e. The molecule has 7 heteroatoms. The molecule has 152 valence electrons. The molecule has 2 aromatic rings. The Balaban J connectivity index is 1.49. The van der Waals surface area contributed by atoms with Crippen LogP contribution in [0.2, 0.25) is 0 Å². The van der Waals surface area contributed by atoms with E-state index in [0.717, 1.165) is 17.0 Å². The second-order valence-corrected chi connectivity index (χ2v) is 7.67. The summed E-state index contributed by atoms with van der Waals surface area (Å²) in [5.41, 5.74) is 3.10. The molecule has 1 saturated heterocycles. The lowest BCUT2D eigenvalue weighted by molar-refractivity contribution is -0.135. The molecule has 2 aliphatic rings. The van der Waals surface area contributed by atoms with E-state index in [9.17, 15) is 9.59 Å². The van der Waals surface area contributed by atoms with E-state index >= 15 is 0 Å². The van der Waals surface area contributed by atoms with Gasteiger partial charge in [0.05, 0.1) is 18.5 Å². The number of hydrazone groups is 1. The first kappa shape index (κ1) is 19.4. The largest absolute Gasteiger partial charge is 0.467 e. The van der Waals surface area contributed by atoms with Gasteiger partial charge in [-0.1, -0.05) is 29.8 Å². The number of hydrogen-bond acceptors (Lipinski definition) is 5. The zero-order valence-corrected chi connectivity index (χ0v) is 16.9. The zero-order chi connectivity index (χ0) is 20.4. The van der Waals surface area contributed by atoms with Gasteiger partial charge in [0.1, 0.15) is 11.8 Å². The topological polar surface area (TPSA) is 69.4 Å². The molecule has 1 aromatic carbocycles. The molecule has 0 bridgehead atoms. The Labute approximate surface area is 170 Å². The summed E-state index contributed by atoms with van der Waals surface area (Å²) in [4.78, 5) is 28.5. The van der Waals surface area contributed by atoms with Crippen molar-refractivity contribution in [1.29, 1.82) is 0 Å². The van der Waals surface area contributed by atoms with Crippen LogP contribution in [0.3, 0.4) is 0 Å². The number of carbonyl (C=O) groups excluding carboxylic acids is 2. The zero-order valence-electron chi connectivity index (χ0n) is 16.9. The molecule has 4 rings (SSSR count). The Morgan fingerprint density at radius 2 is 1.83 bits per heavy atom. The van der Waals surface area contributed by atoms with Crippen LogP contribution in [0.1, 0.15) is 36.3 Å². The van der Waals surface area contributed by atoms with Gasteiger partial charge >= 0.3 is 0 Å². The Kier molecular flexibility index (Phi) is 5.49. The number of nitrogens with zero attached hydrogens (tertiary/aromatic N) is 4. The van der Waals surface area contributed by atoms with Gasteiger partial charge in [-0.05, 0) is 24.6 Å². The molecule has 0 aliphatic carbocycles. The van der Waals surface area contributed by atoms with Crippen LogP contribution in [-0.4, -0.2) is 65.1 Å². The van der Waals surface area contributed by atoms with Gasteiger partial charge in [0.15, 0.2) is 0 Å². The SMILES string of the molecule is CC(=O)N1CCN(CC(=O)N2N=C(c3ccc(C)cc3)CC2c2ccco2)CC1.